The van der Waals surface area contributed by atoms with Crippen LogP contribution >= 0.6 is 0 Å². The number of piperazine rings is 1. The van der Waals surface area contributed by atoms with Gasteiger partial charge >= 0.3 is 0 Å². The Morgan fingerprint density at radius 2 is 1.88 bits per heavy atom. The number of nitrogens with zero attached hydrogens (tertiary/aromatic N) is 5. The molecule has 172 valence electrons. The van der Waals surface area contributed by atoms with Crippen LogP contribution in [-0.4, -0.2) is 58.7 Å². The minimum Gasteiger partial charge on any atom is -0.494 e. The molecule has 3 aromatic rings. The van der Waals surface area contributed by atoms with E-state index in [4.69, 9.17) is 9.26 Å². The van der Waals surface area contributed by atoms with Crippen molar-refractivity contribution in [1.82, 2.24) is 20.0 Å². The van der Waals surface area contributed by atoms with Crippen LogP contribution in [0, 0.1) is 0 Å². The molecule has 0 bridgehead atoms. The predicted octanol–water partition coefficient (Wildman–Crippen LogP) is 4.15. The molecule has 2 fully saturated rings. The van der Waals surface area contributed by atoms with E-state index in [1.54, 1.807) is 6.20 Å². The lowest BCUT2D eigenvalue weighted by molar-refractivity contribution is 0.0746. The Labute approximate surface area is 193 Å². The highest BCUT2D eigenvalue weighted by atomic mass is 16.5. The summed E-state index contributed by atoms with van der Waals surface area (Å²) in [5, 5.41) is 4.08. The molecule has 2 aliphatic rings. The van der Waals surface area contributed by atoms with Gasteiger partial charge in [-0.1, -0.05) is 18.5 Å². The van der Waals surface area contributed by atoms with E-state index in [0.29, 0.717) is 37.0 Å². The number of unbranched alkanes of at least 4 members (excludes halogenated alkanes) is 1. The lowest BCUT2D eigenvalue weighted by atomic mass is 10.1. The fraction of sp³-hybridized carbons (Fsp3) is 0.440. The van der Waals surface area contributed by atoms with Crippen molar-refractivity contribution in [2.75, 3.05) is 37.7 Å². The summed E-state index contributed by atoms with van der Waals surface area (Å²) in [4.78, 5) is 26.1. The largest absolute Gasteiger partial charge is 0.494 e. The van der Waals surface area contributed by atoms with E-state index >= 15 is 0 Å². The molecule has 0 N–H and O–H groups in total. The van der Waals surface area contributed by atoms with Crippen LogP contribution in [0.1, 0.15) is 54.8 Å². The van der Waals surface area contributed by atoms with E-state index in [2.05, 4.69) is 26.9 Å². The van der Waals surface area contributed by atoms with Crippen molar-refractivity contribution >= 4 is 11.7 Å². The van der Waals surface area contributed by atoms with Crippen molar-refractivity contribution in [3.05, 3.63) is 54.0 Å². The smallest absolute Gasteiger partial charge is 0.253 e. The van der Waals surface area contributed by atoms with Gasteiger partial charge in [-0.05, 0) is 55.7 Å². The van der Waals surface area contributed by atoms with Gasteiger partial charge in [0.25, 0.3) is 5.91 Å². The SMILES string of the molecule is CCCCOc1ccc(C(=O)N2CCN(c3ccc(-c4noc(C5CC5)n4)cn3)CC2)cc1. The molecule has 1 amide bonds. The highest BCUT2D eigenvalue weighted by Gasteiger charge is 2.30. The lowest BCUT2D eigenvalue weighted by Crippen LogP contribution is -2.49. The molecule has 8 heteroatoms. The molecular weight excluding hydrogens is 418 g/mol. The zero-order valence-corrected chi connectivity index (χ0v) is 18.9. The first kappa shape index (κ1) is 21.4. The number of carbonyl (C=O) groups excluding carboxylic acids is 1. The van der Waals surface area contributed by atoms with Gasteiger partial charge in [-0.25, -0.2) is 4.98 Å². The number of hydrogen-bond donors (Lipinski definition) is 0. The molecule has 1 aromatic carbocycles. The molecular formula is C25H29N5O3. The van der Waals surface area contributed by atoms with Crippen LogP contribution in [0.15, 0.2) is 47.1 Å². The predicted molar refractivity (Wildman–Crippen MR) is 124 cm³/mol. The van der Waals surface area contributed by atoms with Crippen LogP contribution in [0.2, 0.25) is 0 Å². The first-order chi connectivity index (χ1) is 16.2. The molecule has 33 heavy (non-hydrogen) atoms. The maximum atomic E-state index is 12.9. The van der Waals surface area contributed by atoms with Gasteiger partial charge in [-0.3, -0.25) is 4.79 Å². The number of rotatable bonds is 8. The Morgan fingerprint density at radius 3 is 2.55 bits per heavy atom. The molecule has 1 saturated carbocycles. The number of aromatic nitrogens is 3. The molecule has 0 spiro atoms. The van der Waals surface area contributed by atoms with Gasteiger partial charge < -0.3 is 19.1 Å². The number of hydrogen-bond acceptors (Lipinski definition) is 7. The second kappa shape index (κ2) is 9.60. The fourth-order valence-electron chi connectivity index (χ4n) is 3.90. The lowest BCUT2D eigenvalue weighted by Gasteiger charge is -2.35. The minimum absolute atomic E-state index is 0.0571. The molecule has 2 aromatic heterocycles. The van der Waals surface area contributed by atoms with Crippen LogP contribution < -0.4 is 9.64 Å². The molecule has 3 heterocycles. The summed E-state index contributed by atoms with van der Waals surface area (Å²) in [6.45, 7) is 5.64. The van der Waals surface area contributed by atoms with Crippen LogP contribution in [-0.2, 0) is 0 Å². The minimum atomic E-state index is 0.0571. The second-order valence-corrected chi connectivity index (χ2v) is 8.64. The van der Waals surface area contributed by atoms with Crippen LogP contribution in [0.3, 0.4) is 0 Å². The highest BCUT2D eigenvalue weighted by Crippen LogP contribution is 2.39. The summed E-state index contributed by atoms with van der Waals surface area (Å²) >= 11 is 0. The molecule has 1 aliphatic heterocycles. The number of benzene rings is 1. The van der Waals surface area contributed by atoms with E-state index in [9.17, 15) is 4.79 Å². The first-order valence-electron chi connectivity index (χ1n) is 11.8. The summed E-state index contributed by atoms with van der Waals surface area (Å²) in [6, 6.07) is 11.4. The van der Waals surface area contributed by atoms with Crippen molar-refractivity contribution in [2.45, 2.75) is 38.5 Å². The number of carbonyl (C=O) groups is 1. The van der Waals surface area contributed by atoms with Crippen LogP contribution in [0.4, 0.5) is 5.82 Å². The Kier molecular flexibility index (Phi) is 6.24. The Bertz CT molecular complexity index is 1070. The average Bonchev–Trinajstić information content (AvgIpc) is 3.61. The van der Waals surface area contributed by atoms with Gasteiger partial charge in [0, 0.05) is 49.4 Å². The van der Waals surface area contributed by atoms with Gasteiger partial charge in [0.1, 0.15) is 11.6 Å². The molecule has 5 rings (SSSR count). The highest BCUT2D eigenvalue weighted by molar-refractivity contribution is 5.94. The standard InChI is InChI=1S/C25H29N5O3/c1-2-3-16-32-21-9-6-19(7-10-21)25(31)30-14-12-29(13-15-30)22-11-8-20(17-26-22)23-27-24(33-28-23)18-4-5-18/h6-11,17-18H,2-5,12-16H2,1H3. The molecule has 0 unspecified atom stereocenters. The second-order valence-electron chi connectivity index (χ2n) is 8.64. The third-order valence-corrected chi connectivity index (χ3v) is 6.13. The van der Waals surface area contributed by atoms with Crippen molar-refractivity contribution in [2.24, 2.45) is 0 Å². The third kappa shape index (κ3) is 4.99. The van der Waals surface area contributed by atoms with E-state index in [1.807, 2.05) is 41.3 Å². The molecule has 1 saturated heterocycles. The first-order valence-corrected chi connectivity index (χ1v) is 11.8. The van der Waals surface area contributed by atoms with Gasteiger partial charge in [-0.2, -0.15) is 4.98 Å². The monoisotopic (exact) mass is 447 g/mol. The third-order valence-electron chi connectivity index (χ3n) is 6.13. The number of pyridine rings is 1. The van der Waals surface area contributed by atoms with E-state index in [1.165, 1.54) is 0 Å². The van der Waals surface area contributed by atoms with E-state index in [0.717, 1.165) is 61.8 Å². The van der Waals surface area contributed by atoms with Crippen molar-refractivity contribution in [3.63, 3.8) is 0 Å². The summed E-state index contributed by atoms with van der Waals surface area (Å²) in [5.41, 5.74) is 1.55. The van der Waals surface area contributed by atoms with Gasteiger partial charge in [0.2, 0.25) is 11.7 Å². The van der Waals surface area contributed by atoms with E-state index in [-0.39, 0.29) is 5.91 Å². The maximum Gasteiger partial charge on any atom is 0.253 e. The molecule has 0 atom stereocenters. The molecule has 8 nitrogen and oxygen atoms in total. The van der Waals surface area contributed by atoms with Crippen LogP contribution in [0.25, 0.3) is 11.4 Å². The number of amides is 1. The fourth-order valence-corrected chi connectivity index (χ4v) is 3.90. The number of anilines is 1. The van der Waals surface area contributed by atoms with Gasteiger partial charge in [-0.15, -0.1) is 0 Å². The summed E-state index contributed by atoms with van der Waals surface area (Å²) in [6.07, 6.45) is 6.18. The molecule has 1 aliphatic carbocycles. The average molecular weight is 448 g/mol. The Balaban J connectivity index is 1.14. The van der Waals surface area contributed by atoms with Crippen molar-refractivity contribution < 1.29 is 14.1 Å². The Hall–Kier alpha value is -3.42. The summed E-state index contributed by atoms with van der Waals surface area (Å²) < 4.78 is 11.0. The summed E-state index contributed by atoms with van der Waals surface area (Å²) in [7, 11) is 0. The van der Waals surface area contributed by atoms with Gasteiger partial charge in [0.15, 0.2) is 0 Å². The van der Waals surface area contributed by atoms with Crippen LogP contribution in [0.5, 0.6) is 5.75 Å². The molecule has 0 radical (unpaired) electrons. The normalized spacial score (nSPS) is 16.2. The Morgan fingerprint density at radius 1 is 1.09 bits per heavy atom. The van der Waals surface area contributed by atoms with Crippen molar-refractivity contribution in [1.29, 1.82) is 0 Å². The van der Waals surface area contributed by atoms with Gasteiger partial charge in [0.05, 0.1) is 6.61 Å². The van der Waals surface area contributed by atoms with Crippen molar-refractivity contribution in [3.8, 4) is 17.1 Å². The number of ether oxygens (including phenoxy) is 1. The summed E-state index contributed by atoms with van der Waals surface area (Å²) in [5.74, 6) is 3.52. The topological polar surface area (TPSA) is 84.6 Å². The zero-order chi connectivity index (χ0) is 22.6. The maximum absolute atomic E-state index is 12.9. The van der Waals surface area contributed by atoms with E-state index < -0.39 is 0 Å². The zero-order valence-electron chi connectivity index (χ0n) is 18.9. The quantitative estimate of drug-likeness (QED) is 0.480.